The van der Waals surface area contributed by atoms with Crippen molar-refractivity contribution in [1.29, 1.82) is 0 Å². The zero-order valence-corrected chi connectivity index (χ0v) is 12.7. The van der Waals surface area contributed by atoms with Gasteiger partial charge in [-0.1, -0.05) is 30.3 Å². The molecule has 2 aromatic rings. The van der Waals surface area contributed by atoms with Crippen LogP contribution < -0.4 is 10.2 Å². The lowest BCUT2D eigenvalue weighted by Gasteiger charge is -2.15. The molecule has 1 aliphatic carbocycles. The summed E-state index contributed by atoms with van der Waals surface area (Å²) in [5.41, 5.74) is 1.38. The number of likely N-dealkylation sites (N-methyl/N-ethyl adjacent to an activating group) is 1. The highest BCUT2D eigenvalue weighted by Gasteiger charge is 2.20. The van der Waals surface area contributed by atoms with Gasteiger partial charge >= 0.3 is 0 Å². The molecule has 0 aliphatic heterocycles. The topological polar surface area (TPSA) is 28.2 Å². The van der Waals surface area contributed by atoms with E-state index in [0.717, 1.165) is 30.7 Å². The third kappa shape index (κ3) is 3.81. The van der Waals surface area contributed by atoms with Gasteiger partial charge in [-0.3, -0.25) is 0 Å². The second kappa shape index (κ2) is 6.37. The maximum absolute atomic E-state index is 4.53. The molecule has 3 rings (SSSR count). The maximum Gasteiger partial charge on any atom is 0.185 e. The fourth-order valence-electron chi connectivity index (χ4n) is 2.12. The van der Waals surface area contributed by atoms with Crippen molar-refractivity contribution in [3.05, 3.63) is 47.0 Å². The van der Waals surface area contributed by atoms with Gasteiger partial charge in [0.2, 0.25) is 0 Å². The number of hydrogen-bond donors (Lipinski definition) is 1. The summed E-state index contributed by atoms with van der Waals surface area (Å²) in [6.07, 6.45) is 5.74. The van der Waals surface area contributed by atoms with E-state index in [1.54, 1.807) is 11.3 Å². The zero-order chi connectivity index (χ0) is 13.8. The number of thiazole rings is 1. The molecule has 1 heterocycles. The van der Waals surface area contributed by atoms with E-state index in [0.29, 0.717) is 0 Å². The molecule has 0 radical (unpaired) electrons. The van der Waals surface area contributed by atoms with Crippen molar-refractivity contribution in [3.8, 4) is 0 Å². The fraction of sp³-hybridized carbons (Fsp3) is 0.438. The molecular formula is C16H21N3S. The summed E-state index contributed by atoms with van der Waals surface area (Å²) in [5.74, 6) is 0. The molecule has 1 aromatic carbocycles. The number of aromatic nitrogens is 1. The van der Waals surface area contributed by atoms with Gasteiger partial charge in [0.05, 0.1) is 0 Å². The lowest BCUT2D eigenvalue weighted by atomic mass is 10.1. The molecule has 106 valence electrons. The van der Waals surface area contributed by atoms with Gasteiger partial charge in [0.25, 0.3) is 0 Å². The SMILES string of the molecule is CN(CCc1ccccc1)c1ncc(CNC2CC2)s1. The molecule has 0 unspecified atom stereocenters. The molecule has 1 aromatic heterocycles. The highest BCUT2D eigenvalue weighted by Crippen LogP contribution is 2.24. The van der Waals surface area contributed by atoms with Gasteiger partial charge in [-0.05, 0) is 24.8 Å². The molecule has 4 heteroatoms. The van der Waals surface area contributed by atoms with Gasteiger partial charge in [-0.15, -0.1) is 11.3 Å². The van der Waals surface area contributed by atoms with E-state index in [4.69, 9.17) is 0 Å². The van der Waals surface area contributed by atoms with Crippen LogP contribution in [0.2, 0.25) is 0 Å². The molecule has 0 atom stereocenters. The lowest BCUT2D eigenvalue weighted by molar-refractivity contribution is 0.694. The Bertz CT molecular complexity index is 534. The molecule has 3 nitrogen and oxygen atoms in total. The first kappa shape index (κ1) is 13.6. The first-order valence-corrected chi connectivity index (χ1v) is 8.06. The van der Waals surface area contributed by atoms with Gasteiger partial charge < -0.3 is 10.2 Å². The molecule has 1 fully saturated rings. The summed E-state index contributed by atoms with van der Waals surface area (Å²) >= 11 is 1.80. The van der Waals surface area contributed by atoms with Gasteiger partial charge in [0, 0.05) is 37.3 Å². The van der Waals surface area contributed by atoms with Crippen molar-refractivity contribution in [2.24, 2.45) is 0 Å². The Morgan fingerprint density at radius 2 is 2.10 bits per heavy atom. The molecule has 20 heavy (non-hydrogen) atoms. The summed E-state index contributed by atoms with van der Waals surface area (Å²) < 4.78 is 0. The minimum Gasteiger partial charge on any atom is -0.351 e. The average Bonchev–Trinajstić information content (AvgIpc) is 3.20. The lowest BCUT2D eigenvalue weighted by Crippen LogP contribution is -2.19. The molecule has 0 saturated heterocycles. The second-order valence-corrected chi connectivity index (χ2v) is 6.52. The van der Waals surface area contributed by atoms with Crippen LogP contribution in [-0.4, -0.2) is 24.6 Å². The van der Waals surface area contributed by atoms with Crippen molar-refractivity contribution in [3.63, 3.8) is 0 Å². The molecule has 1 saturated carbocycles. The van der Waals surface area contributed by atoms with Crippen LogP contribution in [0.15, 0.2) is 36.5 Å². The van der Waals surface area contributed by atoms with Crippen LogP contribution >= 0.6 is 11.3 Å². The minimum absolute atomic E-state index is 0.761. The van der Waals surface area contributed by atoms with Crippen molar-refractivity contribution >= 4 is 16.5 Å². The largest absolute Gasteiger partial charge is 0.351 e. The fourth-order valence-corrected chi connectivity index (χ4v) is 2.97. The van der Waals surface area contributed by atoms with E-state index in [2.05, 4.69) is 52.6 Å². The number of anilines is 1. The third-order valence-electron chi connectivity index (χ3n) is 3.59. The van der Waals surface area contributed by atoms with Crippen molar-refractivity contribution < 1.29 is 0 Å². The van der Waals surface area contributed by atoms with Crippen LogP contribution in [0.3, 0.4) is 0 Å². The van der Waals surface area contributed by atoms with E-state index in [-0.39, 0.29) is 0 Å². The monoisotopic (exact) mass is 287 g/mol. The number of nitrogens with zero attached hydrogens (tertiary/aromatic N) is 2. The number of rotatable bonds is 7. The molecule has 1 aliphatic rings. The Morgan fingerprint density at radius 1 is 1.30 bits per heavy atom. The summed E-state index contributed by atoms with van der Waals surface area (Å²) in [5, 5.41) is 4.65. The van der Waals surface area contributed by atoms with Crippen LogP contribution in [0.4, 0.5) is 5.13 Å². The van der Waals surface area contributed by atoms with Gasteiger partial charge in [-0.2, -0.15) is 0 Å². The predicted octanol–water partition coefficient (Wildman–Crippen LogP) is 3.07. The Balaban J connectivity index is 1.49. The first-order valence-electron chi connectivity index (χ1n) is 7.24. The predicted molar refractivity (Wildman–Crippen MR) is 85.4 cm³/mol. The van der Waals surface area contributed by atoms with Gasteiger partial charge in [0.15, 0.2) is 5.13 Å². The van der Waals surface area contributed by atoms with Gasteiger partial charge in [-0.25, -0.2) is 4.98 Å². The standard InChI is InChI=1S/C16H21N3S/c1-19(10-9-13-5-3-2-4-6-13)16-18-12-15(20-16)11-17-14-7-8-14/h2-6,12,14,17H,7-11H2,1H3. The quantitative estimate of drug-likeness (QED) is 0.848. The molecule has 0 spiro atoms. The Kier molecular flexibility index (Phi) is 4.33. The van der Waals surface area contributed by atoms with Crippen LogP contribution in [0.1, 0.15) is 23.3 Å². The summed E-state index contributed by atoms with van der Waals surface area (Å²) in [4.78, 5) is 8.11. The van der Waals surface area contributed by atoms with Crippen LogP contribution in [0, 0.1) is 0 Å². The van der Waals surface area contributed by atoms with E-state index < -0.39 is 0 Å². The highest BCUT2D eigenvalue weighted by atomic mass is 32.1. The van der Waals surface area contributed by atoms with Crippen molar-refractivity contribution in [2.45, 2.75) is 31.8 Å². The zero-order valence-electron chi connectivity index (χ0n) is 11.9. The van der Waals surface area contributed by atoms with Crippen LogP contribution in [-0.2, 0) is 13.0 Å². The Morgan fingerprint density at radius 3 is 2.85 bits per heavy atom. The normalized spacial score (nSPS) is 14.4. The third-order valence-corrected chi connectivity index (χ3v) is 4.70. The van der Waals surface area contributed by atoms with E-state index in [1.165, 1.54) is 23.3 Å². The average molecular weight is 287 g/mol. The van der Waals surface area contributed by atoms with E-state index >= 15 is 0 Å². The van der Waals surface area contributed by atoms with Gasteiger partial charge in [0.1, 0.15) is 0 Å². The van der Waals surface area contributed by atoms with Crippen molar-refractivity contribution in [2.75, 3.05) is 18.5 Å². The van der Waals surface area contributed by atoms with E-state index in [1.807, 2.05) is 6.20 Å². The molecular weight excluding hydrogens is 266 g/mol. The number of benzene rings is 1. The summed E-state index contributed by atoms with van der Waals surface area (Å²) in [7, 11) is 2.12. The highest BCUT2D eigenvalue weighted by molar-refractivity contribution is 7.15. The molecule has 0 amide bonds. The summed E-state index contributed by atoms with van der Waals surface area (Å²) in [6.45, 7) is 1.97. The Hall–Kier alpha value is -1.39. The van der Waals surface area contributed by atoms with Crippen LogP contribution in [0.25, 0.3) is 0 Å². The van der Waals surface area contributed by atoms with Crippen LogP contribution in [0.5, 0.6) is 0 Å². The second-order valence-electron chi connectivity index (χ2n) is 5.42. The van der Waals surface area contributed by atoms with E-state index in [9.17, 15) is 0 Å². The molecule has 1 N–H and O–H groups in total. The summed E-state index contributed by atoms with van der Waals surface area (Å²) in [6, 6.07) is 11.4. The smallest absolute Gasteiger partial charge is 0.185 e. The maximum atomic E-state index is 4.53. The Labute approximate surface area is 124 Å². The number of hydrogen-bond acceptors (Lipinski definition) is 4. The van der Waals surface area contributed by atoms with Crippen molar-refractivity contribution in [1.82, 2.24) is 10.3 Å². The molecule has 0 bridgehead atoms. The first-order chi connectivity index (χ1) is 9.81. The minimum atomic E-state index is 0.761. The number of nitrogens with one attached hydrogen (secondary N) is 1.